The van der Waals surface area contributed by atoms with Gasteiger partial charge >= 0.3 is 0 Å². The number of nitrogens with zero attached hydrogens (tertiary/aromatic N) is 1. The van der Waals surface area contributed by atoms with E-state index in [-0.39, 0.29) is 16.7 Å². The summed E-state index contributed by atoms with van der Waals surface area (Å²) in [5.74, 6) is -0.936. The monoisotopic (exact) mass is 483 g/mol. The smallest absolute Gasteiger partial charge is 0.300 e. The van der Waals surface area contributed by atoms with Crippen molar-refractivity contribution in [3.8, 4) is 5.75 Å². The first-order chi connectivity index (χ1) is 17.0. The van der Waals surface area contributed by atoms with Crippen molar-refractivity contribution in [1.29, 1.82) is 0 Å². The molecule has 3 aromatic rings. The number of carbonyl (C=O) groups is 2. The van der Waals surface area contributed by atoms with Crippen molar-refractivity contribution in [2.45, 2.75) is 53.0 Å². The molecule has 0 aromatic heterocycles. The standard InChI is InChI=1S/C31H33NO4/c1-7-36-23-13-10-12-22(18-23)32-27(24-14-9-8-11-19(24)2)26(29(34)30(32)35)28(33)25-17-21(31(4,5)6)16-15-20(25)3/h8-18,27,33H,7H2,1-6H3/b28-26+. The minimum absolute atomic E-state index is 0.0882. The molecule has 0 aliphatic carbocycles. The highest BCUT2D eigenvalue weighted by Gasteiger charge is 2.47. The van der Waals surface area contributed by atoms with Crippen LogP contribution in [-0.2, 0) is 15.0 Å². The first-order valence-corrected chi connectivity index (χ1v) is 12.3. The van der Waals surface area contributed by atoms with E-state index in [0.29, 0.717) is 23.6 Å². The van der Waals surface area contributed by atoms with Crippen molar-refractivity contribution in [2.75, 3.05) is 11.5 Å². The first-order valence-electron chi connectivity index (χ1n) is 12.3. The lowest BCUT2D eigenvalue weighted by Gasteiger charge is -2.27. The van der Waals surface area contributed by atoms with Gasteiger partial charge in [0.05, 0.1) is 18.2 Å². The second kappa shape index (κ2) is 9.65. The molecule has 186 valence electrons. The third kappa shape index (κ3) is 4.53. The topological polar surface area (TPSA) is 66.8 Å². The minimum Gasteiger partial charge on any atom is -0.507 e. The zero-order valence-electron chi connectivity index (χ0n) is 21.8. The van der Waals surface area contributed by atoms with Gasteiger partial charge in [-0.05, 0) is 66.6 Å². The number of Topliss-reactive ketones (excluding diaryl/α,β-unsaturated/α-hetero) is 1. The molecule has 3 aromatic carbocycles. The molecule has 1 N–H and O–H groups in total. The van der Waals surface area contributed by atoms with Crippen molar-refractivity contribution < 1.29 is 19.4 Å². The number of amides is 1. The summed E-state index contributed by atoms with van der Waals surface area (Å²) in [5, 5.41) is 11.7. The Bertz CT molecular complexity index is 1360. The van der Waals surface area contributed by atoms with E-state index in [9.17, 15) is 14.7 Å². The van der Waals surface area contributed by atoms with E-state index in [1.165, 1.54) is 4.90 Å². The number of hydrogen-bond acceptors (Lipinski definition) is 4. The van der Waals surface area contributed by atoms with Gasteiger partial charge in [0, 0.05) is 17.3 Å². The summed E-state index contributed by atoms with van der Waals surface area (Å²) in [6.07, 6.45) is 0. The number of carbonyl (C=O) groups excluding carboxylic acids is 2. The van der Waals surface area contributed by atoms with Gasteiger partial charge in [0.15, 0.2) is 0 Å². The molecule has 4 rings (SSSR count). The fourth-order valence-corrected chi connectivity index (χ4v) is 4.67. The second-order valence-electron chi connectivity index (χ2n) is 10.2. The molecule has 1 fully saturated rings. The van der Waals surface area contributed by atoms with Crippen LogP contribution in [0.1, 0.15) is 61.6 Å². The number of aryl methyl sites for hydroxylation is 2. The maximum atomic E-state index is 13.6. The molecule has 0 radical (unpaired) electrons. The van der Waals surface area contributed by atoms with E-state index >= 15 is 0 Å². The molecule has 1 aliphatic rings. The number of benzene rings is 3. The van der Waals surface area contributed by atoms with E-state index in [0.717, 1.165) is 22.3 Å². The van der Waals surface area contributed by atoms with E-state index < -0.39 is 17.7 Å². The van der Waals surface area contributed by atoms with Gasteiger partial charge in [0.1, 0.15) is 11.5 Å². The largest absolute Gasteiger partial charge is 0.507 e. The summed E-state index contributed by atoms with van der Waals surface area (Å²) >= 11 is 0. The van der Waals surface area contributed by atoms with E-state index in [2.05, 4.69) is 20.8 Å². The molecule has 1 aliphatic heterocycles. The summed E-state index contributed by atoms with van der Waals surface area (Å²) in [6, 6.07) is 19.9. The second-order valence-corrected chi connectivity index (χ2v) is 10.2. The molecule has 0 saturated carbocycles. The highest BCUT2D eigenvalue weighted by Crippen LogP contribution is 2.44. The summed E-state index contributed by atoms with van der Waals surface area (Å²) in [4.78, 5) is 28.6. The Kier molecular flexibility index (Phi) is 6.77. The van der Waals surface area contributed by atoms with Gasteiger partial charge in [0.25, 0.3) is 11.7 Å². The van der Waals surface area contributed by atoms with Gasteiger partial charge in [-0.1, -0.05) is 63.2 Å². The fourth-order valence-electron chi connectivity index (χ4n) is 4.67. The molecule has 36 heavy (non-hydrogen) atoms. The Labute approximate surface area is 213 Å². The van der Waals surface area contributed by atoms with Crippen LogP contribution in [0.4, 0.5) is 5.69 Å². The number of aliphatic hydroxyl groups is 1. The molecule has 5 nitrogen and oxygen atoms in total. The van der Waals surface area contributed by atoms with Crippen LogP contribution in [0.5, 0.6) is 5.75 Å². The number of anilines is 1. The van der Waals surface area contributed by atoms with Crippen LogP contribution in [0.15, 0.2) is 72.3 Å². The summed E-state index contributed by atoms with van der Waals surface area (Å²) < 4.78 is 5.65. The van der Waals surface area contributed by atoms with Crippen LogP contribution >= 0.6 is 0 Å². The van der Waals surface area contributed by atoms with Crippen LogP contribution in [0.3, 0.4) is 0 Å². The molecular weight excluding hydrogens is 450 g/mol. The molecule has 5 heteroatoms. The number of hydrogen-bond donors (Lipinski definition) is 1. The third-order valence-electron chi connectivity index (χ3n) is 6.69. The van der Waals surface area contributed by atoms with Gasteiger partial charge < -0.3 is 9.84 Å². The van der Waals surface area contributed by atoms with Crippen molar-refractivity contribution >= 4 is 23.1 Å². The average Bonchev–Trinajstić information content (AvgIpc) is 3.09. The Hall–Kier alpha value is -3.86. The Morgan fingerprint density at radius 3 is 2.33 bits per heavy atom. The molecular formula is C31H33NO4. The van der Waals surface area contributed by atoms with Crippen LogP contribution < -0.4 is 9.64 Å². The Morgan fingerprint density at radius 1 is 0.944 bits per heavy atom. The van der Waals surface area contributed by atoms with Crippen LogP contribution in [-0.4, -0.2) is 23.4 Å². The molecule has 1 saturated heterocycles. The summed E-state index contributed by atoms with van der Waals surface area (Å²) in [5.41, 5.74) is 4.59. The zero-order valence-corrected chi connectivity index (χ0v) is 21.8. The molecule has 1 heterocycles. The predicted octanol–water partition coefficient (Wildman–Crippen LogP) is 6.63. The first kappa shape index (κ1) is 25.2. The van der Waals surface area contributed by atoms with Gasteiger partial charge in [-0.2, -0.15) is 0 Å². The highest BCUT2D eigenvalue weighted by molar-refractivity contribution is 6.51. The van der Waals surface area contributed by atoms with Crippen LogP contribution in [0.2, 0.25) is 0 Å². The van der Waals surface area contributed by atoms with Crippen LogP contribution in [0, 0.1) is 13.8 Å². The number of rotatable bonds is 5. The lowest BCUT2D eigenvalue weighted by Crippen LogP contribution is -2.29. The van der Waals surface area contributed by atoms with E-state index in [1.54, 1.807) is 18.2 Å². The van der Waals surface area contributed by atoms with Gasteiger partial charge in [-0.15, -0.1) is 0 Å². The molecule has 0 spiro atoms. The molecule has 1 amide bonds. The molecule has 1 atom stereocenters. The summed E-state index contributed by atoms with van der Waals surface area (Å²) in [7, 11) is 0. The number of ketones is 1. The average molecular weight is 484 g/mol. The van der Waals surface area contributed by atoms with Crippen molar-refractivity contribution in [3.63, 3.8) is 0 Å². The lowest BCUT2D eigenvalue weighted by molar-refractivity contribution is -0.132. The zero-order chi connectivity index (χ0) is 26.2. The number of aliphatic hydroxyl groups excluding tert-OH is 1. The van der Waals surface area contributed by atoms with Gasteiger partial charge in [-0.3, -0.25) is 14.5 Å². The van der Waals surface area contributed by atoms with Crippen LogP contribution in [0.25, 0.3) is 5.76 Å². The fraction of sp³-hybridized carbons (Fsp3) is 0.290. The molecule has 1 unspecified atom stereocenters. The Balaban J connectivity index is 1.98. The van der Waals surface area contributed by atoms with Crippen molar-refractivity contribution in [1.82, 2.24) is 0 Å². The third-order valence-corrected chi connectivity index (χ3v) is 6.69. The lowest BCUT2D eigenvalue weighted by atomic mass is 9.84. The number of ether oxygens (including phenoxy) is 1. The maximum Gasteiger partial charge on any atom is 0.300 e. The minimum atomic E-state index is -0.777. The normalized spacial score (nSPS) is 17.5. The highest BCUT2D eigenvalue weighted by atomic mass is 16.5. The molecule has 0 bridgehead atoms. The predicted molar refractivity (Wildman–Crippen MR) is 143 cm³/mol. The summed E-state index contributed by atoms with van der Waals surface area (Å²) in [6.45, 7) is 12.5. The van der Waals surface area contributed by atoms with E-state index in [1.807, 2.05) is 69.3 Å². The van der Waals surface area contributed by atoms with Gasteiger partial charge in [0.2, 0.25) is 0 Å². The van der Waals surface area contributed by atoms with E-state index in [4.69, 9.17) is 4.74 Å². The SMILES string of the molecule is CCOc1cccc(N2C(=O)C(=O)/C(=C(/O)c3cc(C(C)(C)C)ccc3C)C2c2ccccc2C)c1. The van der Waals surface area contributed by atoms with Gasteiger partial charge in [-0.25, -0.2) is 0 Å². The Morgan fingerprint density at radius 2 is 1.67 bits per heavy atom. The quantitative estimate of drug-likeness (QED) is 0.251. The maximum absolute atomic E-state index is 13.6. The van der Waals surface area contributed by atoms with Crippen molar-refractivity contribution in [3.05, 3.63) is 100 Å². The van der Waals surface area contributed by atoms with Crippen molar-refractivity contribution in [2.24, 2.45) is 0 Å².